The highest BCUT2D eigenvalue weighted by Crippen LogP contribution is 2.25. The lowest BCUT2D eigenvalue weighted by molar-refractivity contribution is 0.600. The van der Waals surface area contributed by atoms with Gasteiger partial charge in [0.15, 0.2) is 0 Å². The lowest BCUT2D eigenvalue weighted by Gasteiger charge is -2.12. The van der Waals surface area contributed by atoms with Crippen LogP contribution in [-0.2, 0) is 24.1 Å². The third-order valence-electron chi connectivity index (χ3n) is 4.69. The van der Waals surface area contributed by atoms with E-state index in [4.69, 9.17) is 0 Å². The van der Waals surface area contributed by atoms with Gasteiger partial charge in [-0.05, 0) is 48.2 Å². The van der Waals surface area contributed by atoms with Crippen molar-refractivity contribution in [1.29, 1.82) is 0 Å². The summed E-state index contributed by atoms with van der Waals surface area (Å²) in [5.41, 5.74) is 3.34. The molecule has 7 heteroatoms. The van der Waals surface area contributed by atoms with Gasteiger partial charge in [0.2, 0.25) is 0 Å². The zero-order chi connectivity index (χ0) is 19.2. The molecule has 0 unspecified atom stereocenters. The summed E-state index contributed by atoms with van der Waals surface area (Å²) in [6.45, 7) is 5.90. The monoisotopic (exact) mass is 373 g/mol. The van der Waals surface area contributed by atoms with Gasteiger partial charge in [-0.15, -0.1) is 0 Å². The van der Waals surface area contributed by atoms with Gasteiger partial charge in [0.1, 0.15) is 0 Å². The number of sulfonamides is 1. The minimum Gasteiger partial charge on any atom is -0.295 e. The molecule has 0 saturated carbocycles. The average molecular weight is 373 g/mol. The van der Waals surface area contributed by atoms with Gasteiger partial charge in [-0.3, -0.25) is 13.9 Å². The minimum absolute atomic E-state index is 0.166. The molecule has 0 aliphatic carbocycles. The summed E-state index contributed by atoms with van der Waals surface area (Å²) in [6.07, 6.45) is 0. The second-order valence-electron chi connectivity index (χ2n) is 6.89. The molecule has 0 saturated heterocycles. The molecule has 0 aliphatic heterocycles. The van der Waals surface area contributed by atoms with E-state index in [1.807, 2.05) is 12.1 Å². The highest BCUT2D eigenvalue weighted by molar-refractivity contribution is 7.92. The van der Waals surface area contributed by atoms with Crippen LogP contribution < -0.4 is 10.4 Å². The number of anilines is 1. The SMILES string of the molecule is Cc1cc2c(cc1S(=O)(=O)Nc1ccc(C(C)C)cc1)n(C)c(=O)n2C. The second-order valence-corrected chi connectivity index (χ2v) is 8.54. The quantitative estimate of drug-likeness (QED) is 0.764. The third-order valence-corrected chi connectivity index (χ3v) is 6.21. The highest BCUT2D eigenvalue weighted by atomic mass is 32.2. The number of aromatic nitrogens is 2. The Bertz CT molecular complexity index is 1140. The van der Waals surface area contributed by atoms with Crippen LogP contribution in [0.15, 0.2) is 46.1 Å². The fourth-order valence-electron chi connectivity index (χ4n) is 3.07. The van der Waals surface area contributed by atoms with Crippen LogP contribution in [0.4, 0.5) is 5.69 Å². The standard InChI is InChI=1S/C19H23N3O3S/c1-12(2)14-6-8-15(9-7-14)20-26(24,25)18-11-17-16(10-13(18)3)21(4)19(23)22(17)5/h6-12,20H,1-5H3. The fraction of sp³-hybridized carbons (Fsp3) is 0.316. The first-order chi connectivity index (χ1) is 12.1. The van der Waals surface area contributed by atoms with Crippen LogP contribution in [0.25, 0.3) is 11.0 Å². The van der Waals surface area contributed by atoms with E-state index >= 15 is 0 Å². The summed E-state index contributed by atoms with van der Waals surface area (Å²) >= 11 is 0. The van der Waals surface area contributed by atoms with Gasteiger partial charge >= 0.3 is 5.69 Å². The largest absolute Gasteiger partial charge is 0.328 e. The Hall–Kier alpha value is -2.54. The van der Waals surface area contributed by atoms with Gasteiger partial charge in [0, 0.05) is 19.8 Å². The van der Waals surface area contributed by atoms with Crippen molar-refractivity contribution in [2.24, 2.45) is 14.1 Å². The van der Waals surface area contributed by atoms with E-state index in [1.165, 1.54) is 9.13 Å². The Morgan fingerprint density at radius 2 is 1.50 bits per heavy atom. The van der Waals surface area contributed by atoms with Gasteiger partial charge in [-0.25, -0.2) is 13.2 Å². The molecule has 1 heterocycles. The molecule has 0 spiro atoms. The highest BCUT2D eigenvalue weighted by Gasteiger charge is 2.20. The van der Waals surface area contributed by atoms with Gasteiger partial charge in [0.05, 0.1) is 15.9 Å². The summed E-state index contributed by atoms with van der Waals surface area (Å²) in [5.74, 6) is 0.379. The summed E-state index contributed by atoms with van der Waals surface area (Å²) in [5, 5.41) is 0. The van der Waals surface area contributed by atoms with E-state index in [1.54, 1.807) is 45.3 Å². The maximum atomic E-state index is 12.9. The second kappa shape index (κ2) is 6.32. The fourth-order valence-corrected chi connectivity index (χ4v) is 4.37. The predicted octanol–water partition coefficient (Wildman–Crippen LogP) is 3.11. The molecule has 0 radical (unpaired) electrons. The number of rotatable bonds is 4. The van der Waals surface area contributed by atoms with Crippen LogP contribution in [-0.4, -0.2) is 17.6 Å². The zero-order valence-electron chi connectivity index (χ0n) is 15.6. The van der Waals surface area contributed by atoms with Crippen LogP contribution >= 0.6 is 0 Å². The minimum atomic E-state index is -3.76. The third kappa shape index (κ3) is 3.03. The predicted molar refractivity (Wildman–Crippen MR) is 104 cm³/mol. The van der Waals surface area contributed by atoms with Gasteiger partial charge in [0.25, 0.3) is 10.0 Å². The van der Waals surface area contributed by atoms with Crippen molar-refractivity contribution < 1.29 is 8.42 Å². The van der Waals surface area contributed by atoms with E-state index in [0.29, 0.717) is 28.2 Å². The lowest BCUT2D eigenvalue weighted by atomic mass is 10.0. The molecule has 3 aromatic rings. The zero-order valence-corrected chi connectivity index (χ0v) is 16.4. The molecule has 0 atom stereocenters. The normalized spacial score (nSPS) is 12.1. The first-order valence-corrected chi connectivity index (χ1v) is 9.89. The summed E-state index contributed by atoms with van der Waals surface area (Å²) in [7, 11) is -0.457. The molecule has 0 fully saturated rings. The molecule has 1 N–H and O–H groups in total. The average Bonchev–Trinajstić information content (AvgIpc) is 2.78. The van der Waals surface area contributed by atoms with E-state index in [2.05, 4.69) is 18.6 Å². The van der Waals surface area contributed by atoms with Crippen LogP contribution in [0.3, 0.4) is 0 Å². The summed E-state index contributed by atoms with van der Waals surface area (Å²) in [6, 6.07) is 10.6. The van der Waals surface area contributed by atoms with Crippen molar-refractivity contribution in [3.05, 3.63) is 58.0 Å². The van der Waals surface area contributed by atoms with E-state index in [0.717, 1.165) is 5.56 Å². The maximum Gasteiger partial charge on any atom is 0.328 e. The number of nitrogens with zero attached hydrogens (tertiary/aromatic N) is 2. The maximum absolute atomic E-state index is 12.9. The molecule has 0 bridgehead atoms. The topological polar surface area (TPSA) is 73.1 Å². The molecule has 0 aliphatic rings. The molecule has 0 amide bonds. The molecule has 6 nitrogen and oxygen atoms in total. The molecule has 3 rings (SSSR count). The number of hydrogen-bond acceptors (Lipinski definition) is 3. The number of fused-ring (bicyclic) bond motifs is 1. The van der Waals surface area contributed by atoms with Gasteiger partial charge < -0.3 is 0 Å². The van der Waals surface area contributed by atoms with E-state index in [-0.39, 0.29) is 10.6 Å². The first kappa shape index (κ1) is 18.3. The number of aryl methyl sites for hydroxylation is 3. The smallest absolute Gasteiger partial charge is 0.295 e. The van der Waals surface area contributed by atoms with Crippen molar-refractivity contribution >= 4 is 26.7 Å². The summed E-state index contributed by atoms with van der Waals surface area (Å²) in [4.78, 5) is 12.3. The molecular formula is C19H23N3O3S. The van der Waals surface area contributed by atoms with Crippen molar-refractivity contribution in [2.75, 3.05) is 4.72 Å². The number of nitrogens with one attached hydrogen (secondary N) is 1. The Kier molecular flexibility index (Phi) is 4.44. The van der Waals surface area contributed by atoms with E-state index in [9.17, 15) is 13.2 Å². The van der Waals surface area contributed by atoms with Crippen LogP contribution in [0.2, 0.25) is 0 Å². The Morgan fingerprint density at radius 3 is 2.04 bits per heavy atom. The van der Waals surface area contributed by atoms with Crippen LogP contribution in [0.5, 0.6) is 0 Å². The van der Waals surface area contributed by atoms with Gasteiger partial charge in [-0.1, -0.05) is 26.0 Å². The number of hydrogen-bond donors (Lipinski definition) is 1. The molecular weight excluding hydrogens is 350 g/mol. The molecule has 26 heavy (non-hydrogen) atoms. The van der Waals surface area contributed by atoms with Crippen LogP contribution in [0.1, 0.15) is 30.9 Å². The molecule has 1 aromatic heterocycles. The number of benzene rings is 2. The lowest BCUT2D eigenvalue weighted by Crippen LogP contribution is -2.19. The Balaban J connectivity index is 2.05. The van der Waals surface area contributed by atoms with Crippen LogP contribution in [0, 0.1) is 6.92 Å². The van der Waals surface area contributed by atoms with Crippen molar-refractivity contribution in [1.82, 2.24) is 9.13 Å². The number of imidazole rings is 1. The Labute approximate surface area is 153 Å². The summed E-state index contributed by atoms with van der Waals surface area (Å²) < 4.78 is 31.4. The van der Waals surface area contributed by atoms with Crippen molar-refractivity contribution in [3.8, 4) is 0 Å². The van der Waals surface area contributed by atoms with Crippen molar-refractivity contribution in [3.63, 3.8) is 0 Å². The molecule has 138 valence electrons. The van der Waals surface area contributed by atoms with Crippen molar-refractivity contribution in [2.45, 2.75) is 31.6 Å². The Morgan fingerprint density at radius 1 is 0.962 bits per heavy atom. The molecule has 2 aromatic carbocycles. The first-order valence-electron chi connectivity index (χ1n) is 8.40. The van der Waals surface area contributed by atoms with E-state index < -0.39 is 10.0 Å². The van der Waals surface area contributed by atoms with Gasteiger partial charge in [-0.2, -0.15) is 0 Å².